The Morgan fingerprint density at radius 1 is 1.00 bits per heavy atom. The van der Waals surface area contributed by atoms with Crippen LogP contribution >= 0.6 is 31.9 Å². The number of rotatable bonds is 1. The molecule has 0 fully saturated rings. The molecule has 2 aromatic carbocycles. The van der Waals surface area contributed by atoms with Crippen LogP contribution in [0.15, 0.2) is 39.3 Å². The quantitative estimate of drug-likeness (QED) is 0.436. The van der Waals surface area contributed by atoms with Crippen LogP contribution in [0, 0.1) is 35.6 Å². The molecule has 0 unspecified atom stereocenters. The van der Waals surface area contributed by atoms with Crippen LogP contribution in [-0.4, -0.2) is 4.92 Å². The summed E-state index contributed by atoms with van der Waals surface area (Å²) in [6, 6.07) is 7.33. The van der Waals surface area contributed by atoms with E-state index in [4.69, 9.17) is 0 Å². The molecule has 0 aromatic heterocycles. The zero-order chi connectivity index (χ0) is 16.2. The highest BCUT2D eigenvalue weighted by molar-refractivity contribution is 9.10. The number of aryl methyl sites for hydroxylation is 2. The third-order valence-corrected chi connectivity index (χ3v) is 3.76. The first-order valence-electron chi connectivity index (χ1n) is 5.74. The van der Waals surface area contributed by atoms with E-state index in [0.29, 0.717) is 10.0 Å². The van der Waals surface area contributed by atoms with Crippen molar-refractivity contribution in [2.45, 2.75) is 13.8 Å². The van der Waals surface area contributed by atoms with Gasteiger partial charge >= 0.3 is 0 Å². The highest BCUT2D eigenvalue weighted by Crippen LogP contribution is 2.25. The average molecular weight is 423 g/mol. The predicted molar refractivity (Wildman–Crippen MR) is 84.3 cm³/mol. The van der Waals surface area contributed by atoms with Gasteiger partial charge < -0.3 is 0 Å². The van der Waals surface area contributed by atoms with Crippen LogP contribution in [-0.2, 0) is 0 Å². The van der Waals surface area contributed by atoms with Crippen LogP contribution in [0.4, 0.5) is 14.5 Å². The number of nitro benzene ring substituents is 1. The van der Waals surface area contributed by atoms with Crippen LogP contribution in [0.5, 0.6) is 0 Å². The molecule has 112 valence electrons. The minimum Gasteiger partial charge on any atom is -0.258 e. The zero-order valence-corrected chi connectivity index (χ0v) is 14.3. The maximum atomic E-state index is 12.8. The molecule has 21 heavy (non-hydrogen) atoms. The fourth-order valence-electron chi connectivity index (χ4n) is 1.43. The van der Waals surface area contributed by atoms with E-state index in [1.54, 1.807) is 6.07 Å². The van der Waals surface area contributed by atoms with E-state index in [1.807, 2.05) is 13.0 Å². The molecular formula is C14H11Br2F2NO2. The van der Waals surface area contributed by atoms with Crippen LogP contribution in [0.3, 0.4) is 0 Å². The fraction of sp³-hybridized carbons (Fsp3) is 0.143. The summed E-state index contributed by atoms with van der Waals surface area (Å²) in [7, 11) is 0. The maximum Gasteiger partial charge on any atom is 0.273 e. The van der Waals surface area contributed by atoms with Crippen LogP contribution in [0.2, 0.25) is 0 Å². The van der Waals surface area contributed by atoms with Crippen molar-refractivity contribution in [2.24, 2.45) is 0 Å². The van der Waals surface area contributed by atoms with E-state index in [-0.39, 0.29) is 16.0 Å². The van der Waals surface area contributed by atoms with E-state index < -0.39 is 10.7 Å². The van der Waals surface area contributed by atoms with Crippen LogP contribution in [0.25, 0.3) is 0 Å². The van der Waals surface area contributed by atoms with Crippen LogP contribution < -0.4 is 0 Å². The summed E-state index contributed by atoms with van der Waals surface area (Å²) in [5, 5.41) is 10.3. The minimum atomic E-state index is -0.542. The van der Waals surface area contributed by atoms with Crippen molar-refractivity contribution in [2.75, 3.05) is 0 Å². The molecule has 0 radical (unpaired) electrons. The molecule has 2 aromatic rings. The topological polar surface area (TPSA) is 43.1 Å². The van der Waals surface area contributed by atoms with Gasteiger partial charge in [0.15, 0.2) is 0 Å². The van der Waals surface area contributed by atoms with Gasteiger partial charge in [0, 0.05) is 11.6 Å². The average Bonchev–Trinajstić information content (AvgIpc) is 2.39. The summed E-state index contributed by atoms with van der Waals surface area (Å²) in [6.45, 7) is 3.35. The van der Waals surface area contributed by atoms with Gasteiger partial charge in [-0.25, -0.2) is 8.78 Å². The molecule has 0 heterocycles. The lowest BCUT2D eigenvalue weighted by molar-refractivity contribution is -0.385. The van der Waals surface area contributed by atoms with E-state index >= 15 is 0 Å². The van der Waals surface area contributed by atoms with Gasteiger partial charge in [0.25, 0.3) is 5.69 Å². The Morgan fingerprint density at radius 2 is 1.57 bits per heavy atom. The van der Waals surface area contributed by atoms with Crippen molar-refractivity contribution in [3.63, 3.8) is 0 Å². The number of benzene rings is 2. The molecule has 0 saturated carbocycles. The Morgan fingerprint density at radius 3 is 2.05 bits per heavy atom. The van der Waals surface area contributed by atoms with Gasteiger partial charge in [-0.15, -0.1) is 0 Å². The summed E-state index contributed by atoms with van der Waals surface area (Å²) in [5.74, 6) is -0.687. The Hall–Kier alpha value is -1.34. The van der Waals surface area contributed by atoms with Gasteiger partial charge in [0.1, 0.15) is 11.6 Å². The third-order valence-electron chi connectivity index (χ3n) is 2.51. The molecule has 0 amide bonds. The largest absolute Gasteiger partial charge is 0.273 e. The highest BCUT2D eigenvalue weighted by atomic mass is 79.9. The van der Waals surface area contributed by atoms with Gasteiger partial charge in [-0.3, -0.25) is 10.1 Å². The second-order valence-electron chi connectivity index (χ2n) is 4.23. The Balaban J connectivity index is 0.000000219. The van der Waals surface area contributed by atoms with Crippen molar-refractivity contribution in [1.82, 2.24) is 0 Å². The van der Waals surface area contributed by atoms with E-state index in [1.165, 1.54) is 13.0 Å². The number of halogens is 4. The van der Waals surface area contributed by atoms with Crippen molar-refractivity contribution in [3.05, 3.63) is 72.2 Å². The molecule has 0 aliphatic carbocycles. The van der Waals surface area contributed by atoms with E-state index in [9.17, 15) is 18.9 Å². The van der Waals surface area contributed by atoms with Gasteiger partial charge in [-0.1, -0.05) is 6.07 Å². The molecular weight excluding hydrogens is 412 g/mol. The van der Waals surface area contributed by atoms with Gasteiger partial charge in [-0.05, 0) is 69.5 Å². The molecule has 7 heteroatoms. The lowest BCUT2D eigenvalue weighted by Crippen LogP contribution is -1.92. The summed E-state index contributed by atoms with van der Waals surface area (Å²) in [4.78, 5) is 9.81. The summed E-state index contributed by atoms with van der Waals surface area (Å²) in [6.07, 6.45) is 0. The SMILES string of the molecule is Cc1cc(F)c(Br)cc1[N+](=O)[O-].Cc1ccc(Br)c(F)c1. The molecule has 2 rings (SSSR count). The second kappa shape index (κ2) is 7.61. The van der Waals surface area contributed by atoms with E-state index in [2.05, 4.69) is 31.9 Å². The fourth-order valence-corrected chi connectivity index (χ4v) is 2.01. The molecule has 0 N–H and O–H groups in total. The lowest BCUT2D eigenvalue weighted by Gasteiger charge is -1.98. The van der Waals surface area contributed by atoms with Crippen molar-refractivity contribution >= 4 is 37.5 Å². The smallest absolute Gasteiger partial charge is 0.258 e. The highest BCUT2D eigenvalue weighted by Gasteiger charge is 2.13. The first-order chi connectivity index (χ1) is 9.72. The van der Waals surface area contributed by atoms with Gasteiger partial charge in [-0.2, -0.15) is 0 Å². The Bertz CT molecular complexity index is 678. The molecule has 0 aliphatic rings. The van der Waals surface area contributed by atoms with Crippen LogP contribution in [0.1, 0.15) is 11.1 Å². The van der Waals surface area contributed by atoms with Crippen molar-refractivity contribution in [1.29, 1.82) is 0 Å². The van der Waals surface area contributed by atoms with Gasteiger partial charge in [0.2, 0.25) is 0 Å². The van der Waals surface area contributed by atoms with E-state index in [0.717, 1.165) is 17.7 Å². The molecule has 0 saturated heterocycles. The molecule has 0 spiro atoms. The summed E-state index contributed by atoms with van der Waals surface area (Å²) < 4.78 is 25.9. The Kier molecular flexibility index (Phi) is 6.42. The normalized spacial score (nSPS) is 9.81. The molecule has 0 aliphatic heterocycles. The maximum absolute atomic E-state index is 12.8. The number of nitro groups is 1. The predicted octanol–water partition coefficient (Wildman–Crippen LogP) is 5.70. The number of hydrogen-bond donors (Lipinski definition) is 0. The number of nitrogens with zero attached hydrogens (tertiary/aromatic N) is 1. The number of hydrogen-bond acceptors (Lipinski definition) is 2. The zero-order valence-electron chi connectivity index (χ0n) is 11.2. The Labute approximate surface area is 137 Å². The third kappa shape index (κ3) is 5.17. The first kappa shape index (κ1) is 17.7. The molecule has 0 bridgehead atoms. The summed E-state index contributed by atoms with van der Waals surface area (Å²) in [5.41, 5.74) is 1.18. The lowest BCUT2D eigenvalue weighted by atomic mass is 10.2. The second-order valence-corrected chi connectivity index (χ2v) is 5.94. The summed E-state index contributed by atoms with van der Waals surface area (Å²) >= 11 is 5.92. The van der Waals surface area contributed by atoms with Crippen molar-refractivity contribution in [3.8, 4) is 0 Å². The first-order valence-corrected chi connectivity index (χ1v) is 7.32. The monoisotopic (exact) mass is 421 g/mol. The standard InChI is InChI=1S/C7H5BrFNO2.C7H6BrF/c1-4-2-6(9)5(8)3-7(4)10(11)12;1-5-2-3-6(8)7(9)4-5/h2-3H,1H3;2-4H,1H3. The van der Waals surface area contributed by atoms with Crippen molar-refractivity contribution < 1.29 is 13.7 Å². The molecule has 3 nitrogen and oxygen atoms in total. The molecule has 0 atom stereocenters. The minimum absolute atomic E-state index is 0.0803. The van der Waals surface area contributed by atoms with Gasteiger partial charge in [0.05, 0.1) is 13.9 Å².